The fourth-order valence-electron chi connectivity index (χ4n) is 1.88. The summed E-state index contributed by atoms with van der Waals surface area (Å²) in [7, 11) is 0. The molecule has 3 aromatic rings. The minimum absolute atomic E-state index is 0.686. The number of aryl methyl sites for hydroxylation is 2. The third-order valence-electron chi connectivity index (χ3n) is 3.02. The van der Waals surface area contributed by atoms with E-state index < -0.39 is 0 Å². The van der Waals surface area contributed by atoms with Crippen LogP contribution in [-0.4, -0.2) is 4.98 Å². The van der Waals surface area contributed by atoms with Crippen molar-refractivity contribution >= 4 is 11.1 Å². The normalized spacial score (nSPS) is 10.9. The third kappa shape index (κ3) is 1.72. The third-order valence-corrected chi connectivity index (χ3v) is 3.02. The Morgan fingerprint density at radius 3 is 2.41 bits per heavy atom. The number of fused-ring (bicyclic) bond motifs is 1. The fraction of sp³-hybridized carbons (Fsp3) is 0.133. The van der Waals surface area contributed by atoms with Crippen molar-refractivity contribution in [2.24, 2.45) is 0 Å². The summed E-state index contributed by atoms with van der Waals surface area (Å²) < 4.78 is 5.78. The van der Waals surface area contributed by atoms with Crippen LogP contribution in [0.4, 0.5) is 0 Å². The van der Waals surface area contributed by atoms with E-state index in [9.17, 15) is 0 Å². The summed E-state index contributed by atoms with van der Waals surface area (Å²) >= 11 is 0. The van der Waals surface area contributed by atoms with Crippen molar-refractivity contribution in [3.8, 4) is 11.5 Å². The van der Waals surface area contributed by atoms with E-state index in [1.807, 2.05) is 36.4 Å². The lowest BCUT2D eigenvalue weighted by molar-refractivity contribution is 0.619. The van der Waals surface area contributed by atoms with Crippen molar-refractivity contribution in [1.29, 1.82) is 0 Å². The van der Waals surface area contributed by atoms with E-state index in [0.717, 1.165) is 16.7 Å². The summed E-state index contributed by atoms with van der Waals surface area (Å²) in [5.41, 5.74) is 5.26. The molecule has 0 aliphatic carbocycles. The van der Waals surface area contributed by atoms with Crippen molar-refractivity contribution in [1.82, 2.24) is 4.98 Å². The summed E-state index contributed by atoms with van der Waals surface area (Å²) in [6.07, 6.45) is 0. The summed E-state index contributed by atoms with van der Waals surface area (Å²) in [5.74, 6) is 0.686. The summed E-state index contributed by atoms with van der Waals surface area (Å²) in [6, 6.07) is 14.1. The van der Waals surface area contributed by atoms with Crippen LogP contribution < -0.4 is 0 Å². The first-order chi connectivity index (χ1) is 8.24. The molecule has 0 fully saturated rings. The molecule has 0 saturated carbocycles. The molecule has 3 rings (SSSR count). The Labute approximate surface area is 99.9 Å². The molecule has 0 aliphatic heterocycles. The van der Waals surface area contributed by atoms with Gasteiger partial charge in [0, 0.05) is 5.56 Å². The number of hydrogen-bond acceptors (Lipinski definition) is 2. The summed E-state index contributed by atoms with van der Waals surface area (Å²) in [6.45, 7) is 4.17. The monoisotopic (exact) mass is 223 g/mol. The van der Waals surface area contributed by atoms with Gasteiger partial charge >= 0.3 is 0 Å². The van der Waals surface area contributed by atoms with Gasteiger partial charge in [-0.2, -0.15) is 0 Å². The number of oxazole rings is 1. The topological polar surface area (TPSA) is 26.0 Å². The number of hydrogen-bond donors (Lipinski definition) is 0. The smallest absolute Gasteiger partial charge is 0.227 e. The number of rotatable bonds is 1. The quantitative estimate of drug-likeness (QED) is 0.620. The number of benzene rings is 2. The zero-order chi connectivity index (χ0) is 11.8. The first-order valence-corrected chi connectivity index (χ1v) is 5.67. The lowest BCUT2D eigenvalue weighted by atomic mass is 10.1. The van der Waals surface area contributed by atoms with E-state index in [-0.39, 0.29) is 0 Å². The van der Waals surface area contributed by atoms with E-state index in [1.54, 1.807) is 0 Å². The second-order valence-electron chi connectivity index (χ2n) is 4.29. The molecule has 0 N–H and O–H groups in total. The molecule has 2 aromatic carbocycles. The molecular weight excluding hydrogens is 210 g/mol. The van der Waals surface area contributed by atoms with Gasteiger partial charge in [0.25, 0.3) is 0 Å². The van der Waals surface area contributed by atoms with Gasteiger partial charge in [0.05, 0.1) is 0 Å². The van der Waals surface area contributed by atoms with Crippen LogP contribution in [0.3, 0.4) is 0 Å². The molecule has 0 amide bonds. The van der Waals surface area contributed by atoms with Crippen molar-refractivity contribution in [3.63, 3.8) is 0 Å². The van der Waals surface area contributed by atoms with Crippen LogP contribution in [0.2, 0.25) is 0 Å². The first-order valence-electron chi connectivity index (χ1n) is 5.67. The predicted octanol–water partition coefficient (Wildman–Crippen LogP) is 4.11. The van der Waals surface area contributed by atoms with Crippen LogP contribution in [0, 0.1) is 13.8 Å². The Morgan fingerprint density at radius 2 is 1.65 bits per heavy atom. The van der Waals surface area contributed by atoms with Crippen molar-refractivity contribution in [2.45, 2.75) is 13.8 Å². The molecule has 17 heavy (non-hydrogen) atoms. The van der Waals surface area contributed by atoms with Crippen LogP contribution >= 0.6 is 0 Å². The van der Waals surface area contributed by atoms with E-state index >= 15 is 0 Å². The zero-order valence-electron chi connectivity index (χ0n) is 9.90. The average molecular weight is 223 g/mol. The Kier molecular flexibility index (Phi) is 2.22. The highest BCUT2D eigenvalue weighted by Crippen LogP contribution is 2.25. The molecular formula is C15H13NO. The molecule has 1 heterocycles. The van der Waals surface area contributed by atoms with Gasteiger partial charge < -0.3 is 4.42 Å². The fourth-order valence-corrected chi connectivity index (χ4v) is 1.88. The van der Waals surface area contributed by atoms with Gasteiger partial charge in [-0.25, -0.2) is 4.98 Å². The van der Waals surface area contributed by atoms with Gasteiger partial charge in [0.2, 0.25) is 5.89 Å². The zero-order valence-corrected chi connectivity index (χ0v) is 9.90. The Hall–Kier alpha value is -2.09. The standard InChI is InChI=1S/C15H13NO/c1-10-8-13-14(9-11(10)2)17-15(16-13)12-6-4-3-5-7-12/h3-9H,1-2H3. The van der Waals surface area contributed by atoms with Crippen molar-refractivity contribution < 1.29 is 4.42 Å². The predicted molar refractivity (Wildman–Crippen MR) is 68.9 cm³/mol. The first kappa shape index (κ1) is 10.1. The Morgan fingerprint density at radius 1 is 0.941 bits per heavy atom. The van der Waals surface area contributed by atoms with Crippen LogP contribution in [-0.2, 0) is 0 Å². The highest BCUT2D eigenvalue weighted by molar-refractivity contribution is 5.77. The maximum Gasteiger partial charge on any atom is 0.227 e. The average Bonchev–Trinajstić information content (AvgIpc) is 2.74. The second-order valence-corrected chi connectivity index (χ2v) is 4.29. The summed E-state index contributed by atoms with van der Waals surface area (Å²) in [5, 5.41) is 0. The van der Waals surface area contributed by atoms with E-state index in [1.165, 1.54) is 11.1 Å². The van der Waals surface area contributed by atoms with Gasteiger partial charge in [-0.3, -0.25) is 0 Å². The molecule has 2 nitrogen and oxygen atoms in total. The van der Waals surface area contributed by atoms with Gasteiger partial charge in [0.1, 0.15) is 5.52 Å². The molecule has 0 bridgehead atoms. The lowest BCUT2D eigenvalue weighted by Gasteiger charge is -1.96. The van der Waals surface area contributed by atoms with E-state index in [2.05, 4.69) is 24.9 Å². The molecule has 0 saturated heterocycles. The minimum Gasteiger partial charge on any atom is -0.436 e. The van der Waals surface area contributed by atoms with Gasteiger partial charge in [-0.05, 0) is 49.2 Å². The second kappa shape index (κ2) is 3.74. The molecule has 1 aromatic heterocycles. The van der Waals surface area contributed by atoms with Gasteiger partial charge in [-0.1, -0.05) is 18.2 Å². The maximum atomic E-state index is 5.78. The van der Waals surface area contributed by atoms with Crippen LogP contribution in [0.1, 0.15) is 11.1 Å². The lowest BCUT2D eigenvalue weighted by Crippen LogP contribution is -1.79. The molecule has 2 heteroatoms. The van der Waals surface area contributed by atoms with Crippen molar-refractivity contribution in [3.05, 3.63) is 53.6 Å². The molecule has 0 aliphatic rings. The molecule has 0 unspecified atom stereocenters. The molecule has 84 valence electrons. The molecule has 0 radical (unpaired) electrons. The SMILES string of the molecule is Cc1cc2nc(-c3ccccc3)oc2cc1C. The number of nitrogens with zero attached hydrogens (tertiary/aromatic N) is 1. The largest absolute Gasteiger partial charge is 0.436 e. The van der Waals surface area contributed by atoms with Crippen molar-refractivity contribution in [2.75, 3.05) is 0 Å². The maximum absolute atomic E-state index is 5.78. The number of aromatic nitrogens is 1. The highest BCUT2D eigenvalue weighted by atomic mass is 16.3. The Balaban J connectivity index is 2.21. The van der Waals surface area contributed by atoms with Crippen LogP contribution in [0.5, 0.6) is 0 Å². The minimum atomic E-state index is 0.686. The van der Waals surface area contributed by atoms with E-state index in [4.69, 9.17) is 4.42 Å². The van der Waals surface area contributed by atoms with Gasteiger partial charge in [0.15, 0.2) is 5.58 Å². The van der Waals surface area contributed by atoms with Crippen LogP contribution in [0.15, 0.2) is 46.9 Å². The molecule has 0 spiro atoms. The van der Waals surface area contributed by atoms with E-state index in [0.29, 0.717) is 5.89 Å². The Bertz CT molecular complexity index is 629. The highest BCUT2D eigenvalue weighted by Gasteiger charge is 2.08. The van der Waals surface area contributed by atoms with Crippen LogP contribution in [0.25, 0.3) is 22.6 Å². The molecule has 0 atom stereocenters. The summed E-state index contributed by atoms with van der Waals surface area (Å²) in [4.78, 5) is 4.52. The van der Waals surface area contributed by atoms with Gasteiger partial charge in [-0.15, -0.1) is 0 Å².